The number of aromatic nitrogens is 1. The van der Waals surface area contributed by atoms with Crippen LogP contribution in [0.2, 0.25) is 0 Å². The minimum Gasteiger partial charge on any atom is -0.343 e. The van der Waals surface area contributed by atoms with Crippen molar-refractivity contribution in [1.29, 1.82) is 0 Å². The number of hydrazine groups is 1. The van der Waals surface area contributed by atoms with Crippen molar-refractivity contribution in [2.45, 2.75) is 19.9 Å². The summed E-state index contributed by atoms with van der Waals surface area (Å²) in [5.41, 5.74) is 2.16. The average molecular weight is 312 g/mol. The number of nitrogens with zero attached hydrogens (tertiary/aromatic N) is 1. The molecule has 0 radical (unpaired) electrons. The number of carbonyl (C=O) groups excluding carboxylic acids is 1. The van der Waals surface area contributed by atoms with Gasteiger partial charge in [-0.05, 0) is 26.0 Å². The maximum atomic E-state index is 13.6. The number of thiazole rings is 1. The summed E-state index contributed by atoms with van der Waals surface area (Å²) in [7, 11) is 0. The maximum absolute atomic E-state index is 13.6. The summed E-state index contributed by atoms with van der Waals surface area (Å²) in [5.74, 6) is 2.55. The number of aryl methyl sites for hydroxylation is 1. The van der Waals surface area contributed by atoms with E-state index in [-0.39, 0.29) is 11.6 Å². The number of halogens is 2. The molecule has 1 aromatic heterocycles. The lowest BCUT2D eigenvalue weighted by Gasteiger charge is -2.12. The molecule has 1 aromatic carbocycles. The zero-order valence-electron chi connectivity index (χ0n) is 11.4. The van der Waals surface area contributed by atoms with E-state index in [4.69, 9.17) is 5.84 Å². The van der Waals surface area contributed by atoms with E-state index >= 15 is 0 Å². The molecule has 0 fully saturated rings. The van der Waals surface area contributed by atoms with Crippen molar-refractivity contribution in [3.8, 4) is 0 Å². The minimum atomic E-state index is -0.930. The van der Waals surface area contributed by atoms with Crippen molar-refractivity contribution < 1.29 is 13.6 Å². The Kier molecular flexibility index (Phi) is 4.49. The fraction of sp³-hybridized carbons (Fsp3) is 0.231. The molecule has 4 N–H and O–H groups in total. The van der Waals surface area contributed by atoms with Crippen LogP contribution in [0.15, 0.2) is 17.5 Å². The molecule has 21 heavy (non-hydrogen) atoms. The summed E-state index contributed by atoms with van der Waals surface area (Å²) in [5, 5.41) is 5.23. The third-order valence-corrected chi connectivity index (χ3v) is 3.95. The second-order valence-corrected chi connectivity index (χ2v) is 5.37. The molecule has 0 bridgehead atoms. The molecule has 5 nitrogen and oxygen atoms in total. The molecule has 0 aliphatic heterocycles. The van der Waals surface area contributed by atoms with Gasteiger partial charge in [0.15, 0.2) is 11.6 Å². The van der Waals surface area contributed by atoms with E-state index in [1.165, 1.54) is 11.3 Å². The number of nitrogens with one attached hydrogen (secondary N) is 2. The lowest BCUT2D eigenvalue weighted by molar-refractivity contribution is 0.0939. The van der Waals surface area contributed by atoms with Gasteiger partial charge in [-0.1, -0.05) is 0 Å². The molecule has 0 saturated carbocycles. The monoisotopic (exact) mass is 312 g/mol. The van der Waals surface area contributed by atoms with Crippen LogP contribution in [0.1, 0.15) is 34.0 Å². The van der Waals surface area contributed by atoms with Gasteiger partial charge in [0.05, 0.1) is 6.04 Å². The number of nitrogens with two attached hydrogens (primary N) is 1. The Balaban J connectivity index is 2.17. The van der Waals surface area contributed by atoms with Crippen LogP contribution in [0.3, 0.4) is 0 Å². The Morgan fingerprint density at radius 1 is 1.38 bits per heavy atom. The highest BCUT2D eigenvalue weighted by molar-refractivity contribution is 7.09. The topological polar surface area (TPSA) is 80.0 Å². The SMILES string of the molecule is Cc1csc(C(C)NC(=O)c2cc(F)c(NN)c(F)c2)n1. The highest BCUT2D eigenvalue weighted by Crippen LogP contribution is 2.21. The van der Waals surface area contributed by atoms with E-state index in [9.17, 15) is 13.6 Å². The van der Waals surface area contributed by atoms with Gasteiger partial charge in [-0.15, -0.1) is 11.3 Å². The molecular formula is C13H14F2N4OS. The summed E-state index contributed by atoms with van der Waals surface area (Å²) >= 11 is 1.41. The summed E-state index contributed by atoms with van der Waals surface area (Å²) in [6.07, 6.45) is 0. The maximum Gasteiger partial charge on any atom is 0.252 e. The summed E-state index contributed by atoms with van der Waals surface area (Å²) < 4.78 is 27.1. The third kappa shape index (κ3) is 3.34. The van der Waals surface area contributed by atoms with Gasteiger partial charge >= 0.3 is 0 Å². The number of hydrogen-bond donors (Lipinski definition) is 3. The number of benzene rings is 1. The van der Waals surface area contributed by atoms with Crippen molar-refractivity contribution in [3.63, 3.8) is 0 Å². The zero-order chi connectivity index (χ0) is 15.6. The first-order valence-electron chi connectivity index (χ1n) is 6.11. The van der Waals surface area contributed by atoms with Gasteiger partial charge in [-0.2, -0.15) is 0 Å². The number of anilines is 1. The second kappa shape index (κ2) is 6.15. The van der Waals surface area contributed by atoms with E-state index in [0.717, 1.165) is 22.8 Å². The Labute approximate surface area is 124 Å². The van der Waals surface area contributed by atoms with Crippen LogP contribution in [0.5, 0.6) is 0 Å². The Bertz CT molecular complexity index is 651. The fourth-order valence-electron chi connectivity index (χ4n) is 1.75. The fourth-order valence-corrected chi connectivity index (χ4v) is 2.56. The van der Waals surface area contributed by atoms with Crippen LogP contribution in [0.25, 0.3) is 0 Å². The van der Waals surface area contributed by atoms with Crippen LogP contribution in [0, 0.1) is 18.6 Å². The molecular weight excluding hydrogens is 298 g/mol. The van der Waals surface area contributed by atoms with Crippen LogP contribution in [-0.2, 0) is 0 Å². The van der Waals surface area contributed by atoms with Crippen LogP contribution >= 0.6 is 11.3 Å². The molecule has 2 rings (SSSR count). The number of nitrogen functional groups attached to an aromatic ring is 1. The summed E-state index contributed by atoms with van der Waals surface area (Å²) in [6, 6.07) is 1.50. The number of hydrogen-bond acceptors (Lipinski definition) is 5. The predicted molar refractivity (Wildman–Crippen MR) is 76.9 cm³/mol. The normalized spacial score (nSPS) is 12.0. The van der Waals surface area contributed by atoms with Gasteiger partial charge in [0.2, 0.25) is 0 Å². The summed E-state index contributed by atoms with van der Waals surface area (Å²) in [4.78, 5) is 16.3. The van der Waals surface area contributed by atoms with Gasteiger partial charge in [-0.3, -0.25) is 10.6 Å². The van der Waals surface area contributed by atoms with Crippen LogP contribution in [-0.4, -0.2) is 10.9 Å². The quantitative estimate of drug-likeness (QED) is 0.598. The largest absolute Gasteiger partial charge is 0.343 e. The number of amides is 1. The van der Waals surface area contributed by atoms with Gasteiger partial charge in [-0.25, -0.2) is 13.8 Å². The Hall–Kier alpha value is -2.06. The van der Waals surface area contributed by atoms with Gasteiger partial charge in [0, 0.05) is 16.6 Å². The minimum absolute atomic E-state index is 0.121. The van der Waals surface area contributed by atoms with Gasteiger partial charge in [0.25, 0.3) is 5.91 Å². The first-order chi connectivity index (χ1) is 9.92. The highest BCUT2D eigenvalue weighted by atomic mass is 32.1. The second-order valence-electron chi connectivity index (χ2n) is 4.48. The smallest absolute Gasteiger partial charge is 0.252 e. The van der Waals surface area contributed by atoms with E-state index < -0.39 is 23.2 Å². The number of rotatable bonds is 4. The van der Waals surface area contributed by atoms with Crippen molar-refractivity contribution in [1.82, 2.24) is 10.3 Å². The molecule has 1 unspecified atom stereocenters. The van der Waals surface area contributed by atoms with Crippen molar-refractivity contribution in [2.24, 2.45) is 5.84 Å². The lowest BCUT2D eigenvalue weighted by atomic mass is 10.1. The lowest BCUT2D eigenvalue weighted by Crippen LogP contribution is -2.27. The van der Waals surface area contributed by atoms with E-state index in [1.54, 1.807) is 6.92 Å². The molecule has 0 aliphatic carbocycles. The first kappa shape index (κ1) is 15.3. The van der Waals surface area contributed by atoms with Crippen molar-refractivity contribution >= 4 is 22.9 Å². The predicted octanol–water partition coefficient (Wildman–Crippen LogP) is 2.51. The standard InChI is InChI=1S/C13H14F2N4OS/c1-6-5-21-13(17-6)7(2)18-12(20)8-3-9(14)11(19-16)10(15)4-8/h3-5,7,19H,16H2,1-2H3,(H,18,20). The molecule has 1 heterocycles. The Morgan fingerprint density at radius 3 is 2.48 bits per heavy atom. The average Bonchev–Trinajstić information content (AvgIpc) is 2.85. The van der Waals surface area contributed by atoms with E-state index in [1.807, 2.05) is 17.7 Å². The molecule has 1 amide bonds. The first-order valence-corrected chi connectivity index (χ1v) is 6.99. The molecule has 0 spiro atoms. The van der Waals surface area contributed by atoms with Gasteiger partial charge < -0.3 is 10.7 Å². The molecule has 0 aliphatic rings. The van der Waals surface area contributed by atoms with Crippen LogP contribution in [0.4, 0.5) is 14.5 Å². The van der Waals surface area contributed by atoms with Crippen molar-refractivity contribution in [2.75, 3.05) is 5.43 Å². The molecule has 112 valence electrons. The van der Waals surface area contributed by atoms with Crippen molar-refractivity contribution in [3.05, 3.63) is 45.4 Å². The van der Waals surface area contributed by atoms with Gasteiger partial charge in [0.1, 0.15) is 10.7 Å². The highest BCUT2D eigenvalue weighted by Gasteiger charge is 2.17. The summed E-state index contributed by atoms with van der Waals surface area (Å²) in [6.45, 7) is 3.59. The molecule has 1 atom stereocenters. The Morgan fingerprint density at radius 2 is 2.00 bits per heavy atom. The molecule has 2 aromatic rings. The number of carbonyl (C=O) groups is 1. The molecule has 0 saturated heterocycles. The zero-order valence-corrected chi connectivity index (χ0v) is 12.2. The van der Waals surface area contributed by atoms with Crippen LogP contribution < -0.4 is 16.6 Å². The molecule has 8 heteroatoms. The third-order valence-electron chi connectivity index (χ3n) is 2.80. The van der Waals surface area contributed by atoms with E-state index in [2.05, 4.69) is 10.3 Å². The van der Waals surface area contributed by atoms with E-state index in [0.29, 0.717) is 0 Å².